The normalized spacial score (nSPS) is 16.5. The van der Waals surface area contributed by atoms with Crippen molar-refractivity contribution in [3.63, 3.8) is 0 Å². The predicted octanol–water partition coefficient (Wildman–Crippen LogP) is 0.0537. The highest BCUT2D eigenvalue weighted by molar-refractivity contribution is 6.38. The fourth-order valence-electron chi connectivity index (χ4n) is 4.58. The Balaban J connectivity index is 2.05. The number of hydrogen-bond donors (Lipinski definition) is 4. The average molecular weight is 620 g/mol. The Kier molecular flexibility index (Phi) is 12.4. The number of hydrogen-bond acceptors (Lipinski definition) is 7. The smallest absolute Gasteiger partial charge is 0.315 e. The molecular formula is C29H42FN7O7. The van der Waals surface area contributed by atoms with Crippen LogP contribution in [-0.4, -0.2) is 109 Å². The van der Waals surface area contributed by atoms with Crippen molar-refractivity contribution in [1.29, 1.82) is 0 Å². The monoisotopic (exact) mass is 619 g/mol. The molecule has 0 aromatic heterocycles. The summed E-state index contributed by atoms with van der Waals surface area (Å²) < 4.78 is 15.3. The topological polar surface area (TPSA) is 177 Å². The summed E-state index contributed by atoms with van der Waals surface area (Å²) in [5, 5.41) is 9.14. The molecule has 1 aliphatic heterocycles. The van der Waals surface area contributed by atoms with Crippen molar-refractivity contribution >= 4 is 41.4 Å². The Bertz CT molecular complexity index is 1250. The quantitative estimate of drug-likeness (QED) is 0.200. The molecule has 0 radical (unpaired) electrons. The van der Waals surface area contributed by atoms with E-state index in [2.05, 4.69) is 21.3 Å². The summed E-state index contributed by atoms with van der Waals surface area (Å²) >= 11 is 0. The number of amides is 7. The molecule has 1 aromatic rings. The number of likely N-dealkylation sites (N-methyl/N-ethyl adjacent to an activating group) is 1. The molecule has 4 atom stereocenters. The second kappa shape index (κ2) is 15.3. The van der Waals surface area contributed by atoms with E-state index in [0.29, 0.717) is 12.0 Å². The van der Waals surface area contributed by atoms with Gasteiger partial charge < -0.3 is 31.1 Å². The lowest BCUT2D eigenvalue weighted by Gasteiger charge is -2.35. The molecule has 15 heteroatoms. The Morgan fingerprint density at radius 3 is 2.18 bits per heavy atom. The number of carbonyl (C=O) groups is 7. The summed E-state index contributed by atoms with van der Waals surface area (Å²) in [6, 6.07) is 2.60. The minimum atomic E-state index is -1.86. The molecule has 7 amide bonds. The minimum Gasteiger partial charge on any atom is -0.347 e. The Labute approximate surface area is 256 Å². The molecule has 0 spiro atoms. The zero-order valence-corrected chi connectivity index (χ0v) is 26.1. The van der Waals surface area contributed by atoms with Crippen LogP contribution >= 0.6 is 0 Å². The van der Waals surface area contributed by atoms with Crippen LogP contribution in [0.15, 0.2) is 30.3 Å². The van der Waals surface area contributed by atoms with Gasteiger partial charge in [0.25, 0.3) is 11.8 Å². The third kappa shape index (κ3) is 8.97. The maximum atomic E-state index is 15.3. The first-order valence-electron chi connectivity index (χ1n) is 14.2. The van der Waals surface area contributed by atoms with Gasteiger partial charge in [0, 0.05) is 27.7 Å². The van der Waals surface area contributed by atoms with E-state index in [1.54, 1.807) is 51.1 Å². The van der Waals surface area contributed by atoms with Gasteiger partial charge in [0.05, 0.1) is 6.54 Å². The Hall–Kier alpha value is -4.56. The third-order valence-corrected chi connectivity index (χ3v) is 7.13. The van der Waals surface area contributed by atoms with Gasteiger partial charge in [-0.25, -0.2) is 4.79 Å². The van der Waals surface area contributed by atoms with E-state index in [1.165, 1.54) is 30.9 Å². The second-order valence-corrected chi connectivity index (χ2v) is 11.7. The first-order chi connectivity index (χ1) is 20.5. The molecule has 1 aliphatic rings. The Morgan fingerprint density at radius 1 is 1.02 bits per heavy atom. The fourth-order valence-corrected chi connectivity index (χ4v) is 4.58. The van der Waals surface area contributed by atoms with Crippen molar-refractivity contribution in [2.75, 3.05) is 34.2 Å². The number of nitrogens with one attached hydrogen (secondary N) is 4. The molecule has 0 aliphatic carbocycles. The third-order valence-electron chi connectivity index (χ3n) is 7.13. The largest absolute Gasteiger partial charge is 0.347 e. The fraction of sp³-hybridized carbons (Fsp3) is 0.552. The molecule has 14 nitrogen and oxygen atoms in total. The van der Waals surface area contributed by atoms with E-state index in [1.807, 2.05) is 0 Å². The molecule has 1 aromatic carbocycles. The van der Waals surface area contributed by atoms with Crippen LogP contribution < -0.4 is 21.3 Å². The van der Waals surface area contributed by atoms with Crippen molar-refractivity contribution in [3.05, 3.63) is 35.9 Å². The van der Waals surface area contributed by atoms with Crippen LogP contribution in [0.1, 0.15) is 52.1 Å². The highest BCUT2D eigenvalue weighted by Crippen LogP contribution is 2.27. The molecule has 0 saturated carbocycles. The predicted molar refractivity (Wildman–Crippen MR) is 157 cm³/mol. The van der Waals surface area contributed by atoms with Crippen LogP contribution in [0.4, 0.5) is 9.28 Å². The van der Waals surface area contributed by atoms with Crippen molar-refractivity contribution in [2.45, 2.75) is 64.7 Å². The SMILES string of the molecule is CNC(=O)NC(C(=O)N1CCCC1C(=O)N(F)C(C)C(=O)C(=O)NCC(=O)NC(C(=O)N(C)C)c1ccccc1)C(C)(C)C. The summed E-state index contributed by atoms with van der Waals surface area (Å²) in [4.78, 5) is 91.3. The van der Waals surface area contributed by atoms with E-state index in [9.17, 15) is 33.6 Å². The van der Waals surface area contributed by atoms with Crippen LogP contribution in [0.3, 0.4) is 0 Å². The lowest BCUT2D eigenvalue weighted by Crippen LogP contribution is -2.59. The number of Topliss-reactive ketones (excluding diaryl/α,β-unsaturated/α-hetero) is 1. The zero-order chi connectivity index (χ0) is 33.4. The molecule has 1 saturated heterocycles. The van der Waals surface area contributed by atoms with Crippen molar-refractivity contribution in [3.8, 4) is 0 Å². The van der Waals surface area contributed by atoms with Crippen LogP contribution in [0, 0.1) is 5.41 Å². The molecule has 1 heterocycles. The second-order valence-electron chi connectivity index (χ2n) is 11.7. The highest BCUT2D eigenvalue weighted by atomic mass is 19.2. The van der Waals surface area contributed by atoms with E-state index in [0.717, 1.165) is 6.92 Å². The lowest BCUT2D eigenvalue weighted by atomic mass is 9.85. The molecular weight excluding hydrogens is 577 g/mol. The molecule has 0 bridgehead atoms. The number of ketones is 1. The maximum Gasteiger partial charge on any atom is 0.315 e. The van der Waals surface area contributed by atoms with Gasteiger partial charge in [-0.05, 0) is 30.7 Å². The summed E-state index contributed by atoms with van der Waals surface area (Å²) in [5.41, 5.74) is -0.247. The molecule has 2 rings (SSSR count). The van der Waals surface area contributed by atoms with E-state index >= 15 is 4.48 Å². The van der Waals surface area contributed by atoms with Crippen LogP contribution in [0.5, 0.6) is 0 Å². The van der Waals surface area contributed by atoms with Crippen molar-refractivity contribution < 1.29 is 38.0 Å². The van der Waals surface area contributed by atoms with E-state index in [-0.39, 0.29) is 13.0 Å². The average Bonchev–Trinajstić information content (AvgIpc) is 3.48. The summed E-state index contributed by atoms with van der Waals surface area (Å²) in [6.07, 6.45) is 0.494. The number of rotatable bonds is 11. The van der Waals surface area contributed by atoms with Crippen molar-refractivity contribution in [2.24, 2.45) is 5.41 Å². The molecule has 44 heavy (non-hydrogen) atoms. The number of benzene rings is 1. The molecule has 4 N–H and O–H groups in total. The minimum absolute atomic E-state index is 0.114. The first kappa shape index (κ1) is 35.6. The van der Waals surface area contributed by atoms with Crippen LogP contribution in [-0.2, 0) is 28.8 Å². The van der Waals surface area contributed by atoms with Gasteiger partial charge in [0.15, 0.2) is 0 Å². The van der Waals surface area contributed by atoms with Gasteiger partial charge in [-0.1, -0.05) is 55.6 Å². The number of nitrogens with zero attached hydrogens (tertiary/aromatic N) is 3. The van der Waals surface area contributed by atoms with Gasteiger partial charge in [0.1, 0.15) is 24.2 Å². The van der Waals surface area contributed by atoms with Gasteiger partial charge in [-0.15, -0.1) is 0 Å². The van der Waals surface area contributed by atoms with E-state index < -0.39 is 82.6 Å². The van der Waals surface area contributed by atoms with Gasteiger partial charge in [-0.2, -0.15) is 5.12 Å². The van der Waals surface area contributed by atoms with Crippen LogP contribution in [0.25, 0.3) is 0 Å². The van der Waals surface area contributed by atoms with Gasteiger partial charge in [0.2, 0.25) is 23.5 Å². The standard InChI is InChI=1S/C29H42FN7O7/c1-17(22(39)24(40)32-16-20(38)33-21(26(42)35(6)7)18-12-9-8-10-13-18)37(30)25(41)19-14-11-15-36(19)27(43)23(29(2,3)4)34-28(44)31-5/h8-10,12-13,17,19,21,23H,11,14-16H2,1-7H3,(H,32,40)(H,33,38)(H2,31,34,44). The molecule has 4 unspecified atom stereocenters. The van der Waals surface area contributed by atoms with Gasteiger partial charge in [-0.3, -0.25) is 28.8 Å². The number of halogens is 1. The summed E-state index contributed by atoms with van der Waals surface area (Å²) in [7, 11) is 4.42. The van der Waals surface area contributed by atoms with Gasteiger partial charge >= 0.3 is 6.03 Å². The number of carbonyl (C=O) groups excluding carboxylic acids is 7. The van der Waals surface area contributed by atoms with Crippen molar-refractivity contribution in [1.82, 2.24) is 36.2 Å². The summed E-state index contributed by atoms with van der Waals surface area (Å²) in [5.74, 6) is -5.64. The zero-order valence-electron chi connectivity index (χ0n) is 26.1. The lowest BCUT2D eigenvalue weighted by molar-refractivity contribution is -0.164. The molecule has 1 fully saturated rings. The maximum absolute atomic E-state index is 15.3. The van der Waals surface area contributed by atoms with Crippen LogP contribution in [0.2, 0.25) is 0 Å². The first-order valence-corrected chi connectivity index (χ1v) is 14.2. The number of likely N-dealkylation sites (tertiary alicyclic amines) is 1. The summed E-state index contributed by atoms with van der Waals surface area (Å²) in [6.45, 7) is 5.61. The number of urea groups is 1. The Morgan fingerprint density at radius 2 is 1.64 bits per heavy atom. The molecule has 242 valence electrons. The van der Waals surface area contributed by atoms with E-state index in [4.69, 9.17) is 0 Å². The highest BCUT2D eigenvalue weighted by Gasteiger charge is 2.45.